The summed E-state index contributed by atoms with van der Waals surface area (Å²) in [6.45, 7) is 0. The summed E-state index contributed by atoms with van der Waals surface area (Å²) in [5, 5.41) is 18.8. The van der Waals surface area contributed by atoms with Gasteiger partial charge in [-0.25, -0.2) is 4.98 Å². The summed E-state index contributed by atoms with van der Waals surface area (Å²) >= 11 is 1.09. The Morgan fingerprint density at radius 1 is 1.26 bits per heavy atom. The Hall–Kier alpha value is -2.28. The lowest BCUT2D eigenvalue weighted by atomic mass is 10.1. The third-order valence-corrected chi connectivity index (χ3v) is 3.17. The van der Waals surface area contributed by atoms with E-state index in [0.29, 0.717) is 5.16 Å². The van der Waals surface area contributed by atoms with Crippen LogP contribution in [-0.2, 0) is 0 Å². The Kier molecular flexibility index (Phi) is 3.86. The summed E-state index contributed by atoms with van der Waals surface area (Å²) in [7, 11) is 0. The molecule has 1 aromatic carbocycles. The van der Waals surface area contributed by atoms with E-state index in [1.165, 1.54) is 30.5 Å². The molecule has 0 atom stereocenters. The summed E-state index contributed by atoms with van der Waals surface area (Å²) in [5.74, 6) is -0.802. The number of H-pyrrole nitrogens is 1. The van der Waals surface area contributed by atoms with Crippen LogP contribution in [0.1, 0.15) is 10.4 Å². The van der Waals surface area contributed by atoms with Crippen molar-refractivity contribution >= 4 is 17.5 Å². The number of rotatable bonds is 4. The third kappa shape index (κ3) is 3.35. The molecule has 19 heavy (non-hydrogen) atoms. The molecule has 7 heteroatoms. The molecule has 0 aliphatic heterocycles. The van der Waals surface area contributed by atoms with Crippen LogP contribution in [-0.4, -0.2) is 31.7 Å². The molecule has 0 saturated heterocycles. The molecule has 1 heterocycles. The van der Waals surface area contributed by atoms with Crippen LogP contribution >= 0.6 is 11.8 Å². The topological polar surface area (TPSA) is 103 Å². The van der Waals surface area contributed by atoms with Crippen molar-refractivity contribution in [1.29, 1.82) is 0 Å². The van der Waals surface area contributed by atoms with Gasteiger partial charge in [-0.1, -0.05) is 11.8 Å². The summed E-state index contributed by atoms with van der Waals surface area (Å²) in [6, 6.07) is 5.14. The van der Waals surface area contributed by atoms with E-state index >= 15 is 0 Å². The number of benzene rings is 1. The third-order valence-electron chi connectivity index (χ3n) is 2.29. The minimum Gasteiger partial charge on any atom is -0.504 e. The number of ketones is 1. The molecule has 0 bridgehead atoms. The summed E-state index contributed by atoms with van der Waals surface area (Å²) in [6.07, 6.45) is 1.36. The molecule has 2 aromatic rings. The summed E-state index contributed by atoms with van der Waals surface area (Å²) < 4.78 is 0. The number of aromatic hydroxyl groups is 2. The zero-order valence-corrected chi connectivity index (χ0v) is 10.5. The molecule has 1 aromatic heterocycles. The Labute approximate surface area is 112 Å². The number of aromatic amines is 1. The molecule has 98 valence electrons. The van der Waals surface area contributed by atoms with E-state index in [4.69, 9.17) is 5.11 Å². The average Bonchev–Trinajstić information content (AvgIpc) is 2.39. The van der Waals surface area contributed by atoms with Gasteiger partial charge in [-0.05, 0) is 18.2 Å². The maximum Gasteiger partial charge on any atom is 0.251 e. The van der Waals surface area contributed by atoms with Gasteiger partial charge in [0, 0.05) is 17.8 Å². The SMILES string of the molecule is O=C(CSc1nccc(=O)[nH]1)c1ccc(O)c(O)c1. The first-order valence-electron chi connectivity index (χ1n) is 5.29. The number of carbonyl (C=O) groups excluding carboxylic acids is 1. The molecule has 0 radical (unpaired) electrons. The van der Waals surface area contributed by atoms with Crippen LogP contribution in [0.25, 0.3) is 0 Å². The number of aromatic nitrogens is 2. The number of phenols is 2. The number of thioether (sulfide) groups is 1. The van der Waals surface area contributed by atoms with E-state index in [1.54, 1.807) is 0 Å². The van der Waals surface area contributed by atoms with Gasteiger partial charge in [0.2, 0.25) is 0 Å². The second-order valence-corrected chi connectivity index (χ2v) is 4.62. The largest absolute Gasteiger partial charge is 0.504 e. The van der Waals surface area contributed by atoms with Crippen molar-refractivity contribution < 1.29 is 15.0 Å². The van der Waals surface area contributed by atoms with E-state index in [2.05, 4.69) is 9.97 Å². The van der Waals surface area contributed by atoms with Crippen molar-refractivity contribution in [1.82, 2.24) is 9.97 Å². The van der Waals surface area contributed by atoms with Gasteiger partial charge in [0.1, 0.15) is 0 Å². The number of phenolic OH excluding ortho intramolecular Hbond substituents is 2. The zero-order valence-electron chi connectivity index (χ0n) is 9.66. The van der Waals surface area contributed by atoms with Crippen LogP contribution in [0, 0.1) is 0 Å². The maximum absolute atomic E-state index is 11.8. The predicted molar refractivity (Wildman–Crippen MR) is 69.7 cm³/mol. The smallest absolute Gasteiger partial charge is 0.251 e. The van der Waals surface area contributed by atoms with Gasteiger partial charge in [-0.2, -0.15) is 0 Å². The van der Waals surface area contributed by atoms with Gasteiger partial charge in [0.05, 0.1) is 5.75 Å². The van der Waals surface area contributed by atoms with Gasteiger partial charge < -0.3 is 15.2 Å². The van der Waals surface area contributed by atoms with Crippen LogP contribution in [0.5, 0.6) is 11.5 Å². The lowest BCUT2D eigenvalue weighted by Crippen LogP contribution is -2.07. The molecule has 0 amide bonds. The van der Waals surface area contributed by atoms with Crippen molar-refractivity contribution in [3.63, 3.8) is 0 Å². The van der Waals surface area contributed by atoms with Crippen LogP contribution in [0.3, 0.4) is 0 Å². The second kappa shape index (κ2) is 5.57. The molecule has 0 spiro atoms. The minimum absolute atomic E-state index is 0.0666. The van der Waals surface area contributed by atoms with Crippen molar-refractivity contribution in [2.24, 2.45) is 0 Å². The van der Waals surface area contributed by atoms with E-state index in [-0.39, 0.29) is 34.2 Å². The van der Waals surface area contributed by atoms with Gasteiger partial charge in [0.15, 0.2) is 22.4 Å². The fourth-order valence-corrected chi connectivity index (χ4v) is 2.08. The number of hydrogen-bond donors (Lipinski definition) is 3. The van der Waals surface area contributed by atoms with Gasteiger partial charge in [-0.15, -0.1) is 0 Å². The molecular formula is C12H10N2O4S. The Bertz CT molecular complexity index is 669. The van der Waals surface area contributed by atoms with E-state index in [9.17, 15) is 14.7 Å². The molecule has 3 N–H and O–H groups in total. The number of Topliss-reactive ketones (excluding diaryl/α,β-unsaturated/α-hetero) is 1. The fraction of sp³-hybridized carbons (Fsp3) is 0.0833. The lowest BCUT2D eigenvalue weighted by molar-refractivity contribution is 0.102. The maximum atomic E-state index is 11.8. The van der Waals surface area contributed by atoms with Crippen molar-refractivity contribution in [2.75, 3.05) is 5.75 Å². The normalized spacial score (nSPS) is 10.3. The number of nitrogens with zero attached hydrogens (tertiary/aromatic N) is 1. The van der Waals surface area contributed by atoms with Gasteiger partial charge in [-0.3, -0.25) is 9.59 Å². The highest BCUT2D eigenvalue weighted by atomic mass is 32.2. The van der Waals surface area contributed by atoms with Crippen molar-refractivity contribution in [3.8, 4) is 11.5 Å². The Morgan fingerprint density at radius 3 is 2.74 bits per heavy atom. The zero-order chi connectivity index (χ0) is 13.8. The molecule has 2 rings (SSSR count). The highest BCUT2D eigenvalue weighted by molar-refractivity contribution is 7.99. The van der Waals surface area contributed by atoms with E-state index in [0.717, 1.165) is 11.8 Å². The fourth-order valence-electron chi connectivity index (χ4n) is 1.34. The quantitative estimate of drug-likeness (QED) is 0.335. The molecular weight excluding hydrogens is 268 g/mol. The highest BCUT2D eigenvalue weighted by Crippen LogP contribution is 2.25. The average molecular weight is 278 g/mol. The second-order valence-electron chi connectivity index (χ2n) is 3.65. The number of hydrogen-bond acceptors (Lipinski definition) is 6. The van der Waals surface area contributed by atoms with Crippen LogP contribution in [0.2, 0.25) is 0 Å². The first kappa shape index (κ1) is 13.2. The van der Waals surface area contributed by atoms with Gasteiger partial charge >= 0.3 is 0 Å². The first-order chi connectivity index (χ1) is 9.06. The number of carbonyl (C=O) groups is 1. The molecule has 0 saturated carbocycles. The molecule has 0 fully saturated rings. The van der Waals surface area contributed by atoms with Gasteiger partial charge in [0.25, 0.3) is 5.56 Å². The lowest BCUT2D eigenvalue weighted by Gasteiger charge is -2.02. The monoisotopic (exact) mass is 278 g/mol. The number of nitrogens with one attached hydrogen (secondary N) is 1. The van der Waals surface area contributed by atoms with Crippen molar-refractivity contribution in [2.45, 2.75) is 5.16 Å². The standard InChI is InChI=1S/C12H10N2O4S/c15-8-2-1-7(5-9(8)16)10(17)6-19-12-13-4-3-11(18)14-12/h1-5,15-16H,6H2,(H,13,14,18). The highest BCUT2D eigenvalue weighted by Gasteiger charge is 2.10. The van der Waals surface area contributed by atoms with E-state index < -0.39 is 0 Å². The molecule has 6 nitrogen and oxygen atoms in total. The van der Waals surface area contributed by atoms with Crippen LogP contribution in [0.4, 0.5) is 0 Å². The predicted octanol–water partition coefficient (Wildman–Crippen LogP) is 1.16. The van der Waals surface area contributed by atoms with Crippen LogP contribution in [0.15, 0.2) is 40.4 Å². The van der Waals surface area contributed by atoms with E-state index in [1.807, 2.05) is 0 Å². The summed E-state index contributed by atoms with van der Waals surface area (Å²) in [5.41, 5.74) is -0.00620. The molecule has 0 unspecified atom stereocenters. The summed E-state index contributed by atoms with van der Waals surface area (Å²) in [4.78, 5) is 29.3. The Balaban J connectivity index is 2.05. The molecule has 0 aliphatic rings. The van der Waals surface area contributed by atoms with Crippen LogP contribution < -0.4 is 5.56 Å². The van der Waals surface area contributed by atoms with Crippen molar-refractivity contribution in [3.05, 3.63) is 46.4 Å². The first-order valence-corrected chi connectivity index (χ1v) is 6.28. The Morgan fingerprint density at radius 2 is 2.05 bits per heavy atom. The minimum atomic E-state index is -0.345. The molecule has 0 aliphatic carbocycles.